The summed E-state index contributed by atoms with van der Waals surface area (Å²) in [6, 6.07) is 31.4. The van der Waals surface area contributed by atoms with Gasteiger partial charge in [0.25, 0.3) is 0 Å². The van der Waals surface area contributed by atoms with Gasteiger partial charge in [0.05, 0.1) is 12.0 Å². The number of fused-ring (bicyclic) bond motifs is 1. The minimum atomic E-state index is -0.219. The monoisotopic (exact) mass is 293 g/mol. The first-order valence-corrected chi connectivity index (χ1v) is 7.74. The predicted octanol–water partition coefficient (Wildman–Crippen LogP) is 5.27. The second kappa shape index (κ2) is 5.59. The number of nitriles is 1. The number of hydrogen-bond donors (Lipinski definition) is 0. The Labute approximate surface area is 136 Å². The fourth-order valence-corrected chi connectivity index (χ4v) is 3.40. The molecule has 23 heavy (non-hydrogen) atoms. The summed E-state index contributed by atoms with van der Waals surface area (Å²) in [7, 11) is 0. The Morgan fingerprint density at radius 1 is 0.652 bits per heavy atom. The van der Waals surface area contributed by atoms with Crippen LogP contribution in [0.1, 0.15) is 28.2 Å². The van der Waals surface area contributed by atoms with Crippen molar-refractivity contribution in [3.8, 4) is 6.07 Å². The number of benzene rings is 3. The summed E-state index contributed by atoms with van der Waals surface area (Å²) < 4.78 is 0. The van der Waals surface area contributed by atoms with Crippen LogP contribution >= 0.6 is 0 Å². The quantitative estimate of drug-likeness (QED) is 0.631. The number of nitrogens with zero attached hydrogens (tertiary/aromatic N) is 1. The first-order valence-electron chi connectivity index (χ1n) is 7.74. The summed E-state index contributed by atoms with van der Waals surface area (Å²) >= 11 is 0. The Morgan fingerprint density at radius 3 is 1.87 bits per heavy atom. The molecule has 1 aliphatic carbocycles. The van der Waals surface area contributed by atoms with Crippen molar-refractivity contribution >= 4 is 11.1 Å². The van der Waals surface area contributed by atoms with Gasteiger partial charge in [0, 0.05) is 0 Å². The summed E-state index contributed by atoms with van der Waals surface area (Å²) in [5, 5.41) is 9.83. The largest absolute Gasteiger partial charge is 0.197 e. The molecule has 0 fully saturated rings. The lowest BCUT2D eigenvalue weighted by Gasteiger charge is -2.11. The fraction of sp³-hybridized carbons (Fsp3) is 0.0455. The molecule has 0 N–H and O–H groups in total. The zero-order valence-corrected chi connectivity index (χ0v) is 12.6. The van der Waals surface area contributed by atoms with E-state index in [1.807, 2.05) is 48.5 Å². The van der Waals surface area contributed by atoms with Gasteiger partial charge >= 0.3 is 0 Å². The lowest BCUT2D eigenvalue weighted by molar-refractivity contribution is 1.14. The molecule has 0 saturated heterocycles. The highest BCUT2D eigenvalue weighted by molar-refractivity contribution is 6.06. The van der Waals surface area contributed by atoms with Gasteiger partial charge < -0.3 is 0 Å². The molecule has 0 bridgehead atoms. The van der Waals surface area contributed by atoms with Gasteiger partial charge in [0.15, 0.2) is 0 Å². The van der Waals surface area contributed by atoms with Crippen molar-refractivity contribution in [2.45, 2.75) is 5.92 Å². The molecule has 0 aromatic heterocycles. The van der Waals surface area contributed by atoms with E-state index in [0.717, 1.165) is 22.3 Å². The molecule has 0 aliphatic heterocycles. The highest BCUT2D eigenvalue weighted by atomic mass is 14.4. The van der Waals surface area contributed by atoms with Gasteiger partial charge in [-0.2, -0.15) is 5.26 Å². The molecule has 3 aromatic carbocycles. The zero-order valence-electron chi connectivity index (χ0n) is 12.6. The van der Waals surface area contributed by atoms with E-state index in [4.69, 9.17) is 0 Å². The van der Waals surface area contributed by atoms with Crippen molar-refractivity contribution < 1.29 is 0 Å². The van der Waals surface area contributed by atoms with E-state index >= 15 is 0 Å². The SMILES string of the molecule is N#CC1C(c2ccccc2)=C(c2ccccc2)c2ccccc21. The Hall–Kier alpha value is -3.11. The third kappa shape index (κ3) is 2.17. The van der Waals surface area contributed by atoms with Crippen LogP contribution in [0.25, 0.3) is 11.1 Å². The molecule has 0 radical (unpaired) electrons. The summed E-state index contributed by atoms with van der Waals surface area (Å²) in [6.45, 7) is 0. The van der Waals surface area contributed by atoms with Gasteiger partial charge in [0.2, 0.25) is 0 Å². The molecule has 1 aliphatic rings. The maximum Gasteiger partial charge on any atom is 0.0980 e. The number of rotatable bonds is 2. The third-order valence-electron chi connectivity index (χ3n) is 4.38. The van der Waals surface area contributed by atoms with E-state index in [2.05, 4.69) is 42.5 Å². The molecule has 3 aromatic rings. The molecule has 0 saturated carbocycles. The van der Waals surface area contributed by atoms with E-state index in [0.29, 0.717) is 0 Å². The van der Waals surface area contributed by atoms with Crippen LogP contribution in [0.2, 0.25) is 0 Å². The predicted molar refractivity (Wildman–Crippen MR) is 93.6 cm³/mol. The highest BCUT2D eigenvalue weighted by Crippen LogP contribution is 2.49. The first kappa shape index (κ1) is 13.5. The second-order valence-electron chi connectivity index (χ2n) is 5.67. The Kier molecular flexibility index (Phi) is 3.29. The molecule has 0 amide bonds. The molecule has 1 heteroatoms. The van der Waals surface area contributed by atoms with Crippen molar-refractivity contribution in [1.82, 2.24) is 0 Å². The number of hydrogen-bond acceptors (Lipinski definition) is 1. The Balaban J connectivity index is 2.06. The minimum Gasteiger partial charge on any atom is -0.197 e. The average Bonchev–Trinajstić information content (AvgIpc) is 2.97. The maximum absolute atomic E-state index is 9.83. The average molecular weight is 293 g/mol. The molecule has 1 atom stereocenters. The number of allylic oxidation sites excluding steroid dienone is 1. The van der Waals surface area contributed by atoms with Crippen LogP contribution in [-0.2, 0) is 0 Å². The van der Waals surface area contributed by atoms with E-state index in [-0.39, 0.29) is 5.92 Å². The molecular formula is C22H15N. The lowest BCUT2D eigenvalue weighted by atomic mass is 9.90. The molecule has 4 rings (SSSR count). The highest BCUT2D eigenvalue weighted by Gasteiger charge is 2.32. The summed E-state index contributed by atoms with van der Waals surface area (Å²) in [4.78, 5) is 0. The topological polar surface area (TPSA) is 23.8 Å². The first-order chi connectivity index (χ1) is 11.4. The van der Waals surface area contributed by atoms with Gasteiger partial charge in [-0.1, -0.05) is 84.9 Å². The van der Waals surface area contributed by atoms with Crippen molar-refractivity contribution in [3.63, 3.8) is 0 Å². The van der Waals surface area contributed by atoms with Crippen molar-refractivity contribution in [2.24, 2.45) is 0 Å². The Morgan fingerprint density at radius 2 is 1.22 bits per heavy atom. The van der Waals surface area contributed by atoms with Crippen molar-refractivity contribution in [1.29, 1.82) is 5.26 Å². The normalized spacial score (nSPS) is 16.0. The van der Waals surface area contributed by atoms with Crippen LogP contribution < -0.4 is 0 Å². The third-order valence-corrected chi connectivity index (χ3v) is 4.38. The van der Waals surface area contributed by atoms with E-state index in [1.54, 1.807) is 0 Å². The van der Waals surface area contributed by atoms with Crippen molar-refractivity contribution in [2.75, 3.05) is 0 Å². The molecular weight excluding hydrogens is 278 g/mol. The van der Waals surface area contributed by atoms with Crippen LogP contribution in [0.5, 0.6) is 0 Å². The van der Waals surface area contributed by atoms with Gasteiger partial charge in [-0.3, -0.25) is 0 Å². The second-order valence-corrected chi connectivity index (χ2v) is 5.67. The maximum atomic E-state index is 9.83. The van der Waals surface area contributed by atoms with Crippen molar-refractivity contribution in [3.05, 3.63) is 107 Å². The van der Waals surface area contributed by atoms with Gasteiger partial charge in [-0.05, 0) is 33.4 Å². The van der Waals surface area contributed by atoms with E-state index < -0.39 is 0 Å². The molecule has 1 unspecified atom stereocenters. The van der Waals surface area contributed by atoms with Crippen LogP contribution in [0.15, 0.2) is 84.9 Å². The van der Waals surface area contributed by atoms with Crippen LogP contribution in [0.4, 0.5) is 0 Å². The summed E-state index contributed by atoms with van der Waals surface area (Å²) in [6.07, 6.45) is 0. The van der Waals surface area contributed by atoms with Crippen LogP contribution in [0, 0.1) is 11.3 Å². The fourth-order valence-electron chi connectivity index (χ4n) is 3.40. The molecule has 108 valence electrons. The van der Waals surface area contributed by atoms with Gasteiger partial charge in [-0.15, -0.1) is 0 Å². The van der Waals surface area contributed by atoms with Gasteiger partial charge in [0.1, 0.15) is 0 Å². The van der Waals surface area contributed by atoms with E-state index in [9.17, 15) is 5.26 Å². The molecule has 1 nitrogen and oxygen atoms in total. The Bertz CT molecular complexity index is 915. The van der Waals surface area contributed by atoms with Crippen LogP contribution in [0.3, 0.4) is 0 Å². The van der Waals surface area contributed by atoms with E-state index in [1.165, 1.54) is 11.1 Å². The standard InChI is InChI=1S/C22H15N/c23-15-20-18-13-7-8-14-19(18)21(16-9-3-1-4-10-16)22(20)17-11-5-2-6-12-17/h1-14,20H. The summed E-state index contributed by atoms with van der Waals surface area (Å²) in [5.74, 6) is -0.219. The lowest BCUT2D eigenvalue weighted by Crippen LogP contribution is -1.95. The smallest absolute Gasteiger partial charge is 0.0980 e. The van der Waals surface area contributed by atoms with Gasteiger partial charge in [-0.25, -0.2) is 0 Å². The zero-order chi connectivity index (χ0) is 15.6. The van der Waals surface area contributed by atoms with Crippen LogP contribution in [-0.4, -0.2) is 0 Å². The minimum absolute atomic E-state index is 0.219. The molecule has 0 spiro atoms. The summed E-state index contributed by atoms with van der Waals surface area (Å²) in [5.41, 5.74) is 6.85. The molecule has 0 heterocycles.